The van der Waals surface area contributed by atoms with E-state index in [-0.39, 0.29) is 5.91 Å². The first-order valence-corrected chi connectivity index (χ1v) is 7.93. The molecule has 0 aliphatic rings. The maximum atomic E-state index is 12.0. The van der Waals surface area contributed by atoms with Crippen molar-refractivity contribution in [1.82, 2.24) is 5.32 Å². The highest BCUT2D eigenvalue weighted by molar-refractivity contribution is 6.30. The first-order valence-electron chi connectivity index (χ1n) is 7.55. The van der Waals surface area contributed by atoms with Crippen LogP contribution < -0.4 is 19.5 Å². The third-order valence-corrected chi connectivity index (χ3v) is 3.46. The van der Waals surface area contributed by atoms with Crippen LogP contribution in [0.15, 0.2) is 48.5 Å². The predicted molar refractivity (Wildman–Crippen MR) is 93.0 cm³/mol. The quantitative estimate of drug-likeness (QED) is 0.743. The Morgan fingerprint density at radius 3 is 2.54 bits per heavy atom. The van der Waals surface area contributed by atoms with Crippen molar-refractivity contribution in [1.29, 1.82) is 0 Å². The zero-order valence-electron chi connectivity index (χ0n) is 13.6. The van der Waals surface area contributed by atoms with Crippen LogP contribution in [0.2, 0.25) is 5.02 Å². The van der Waals surface area contributed by atoms with Crippen LogP contribution in [0.25, 0.3) is 0 Å². The third kappa shape index (κ3) is 5.66. The van der Waals surface area contributed by atoms with Crippen LogP contribution in [0.5, 0.6) is 17.2 Å². The zero-order chi connectivity index (χ0) is 17.4. The maximum Gasteiger partial charge on any atom is 0.260 e. The molecular weight excluding hydrogens is 330 g/mol. The summed E-state index contributed by atoms with van der Waals surface area (Å²) in [6, 6.07) is 14.2. The number of carbonyl (C=O) groups is 1. The Balaban J connectivity index is 1.72. The average molecular weight is 350 g/mol. The smallest absolute Gasteiger partial charge is 0.260 e. The molecule has 0 unspecified atom stereocenters. The number of benzene rings is 2. The van der Waals surface area contributed by atoms with Gasteiger partial charge in [-0.1, -0.05) is 17.7 Å². The van der Waals surface area contributed by atoms with Gasteiger partial charge in [0, 0.05) is 11.1 Å². The Labute approximate surface area is 146 Å². The SMILES string of the molecule is COc1cccc(O[C@@H](C)C(=O)NCCOc2ccc(Cl)cc2)c1. The van der Waals surface area contributed by atoms with Crippen LogP contribution in [0.4, 0.5) is 0 Å². The molecule has 1 N–H and O–H groups in total. The lowest BCUT2D eigenvalue weighted by molar-refractivity contribution is -0.127. The van der Waals surface area contributed by atoms with E-state index in [4.69, 9.17) is 25.8 Å². The van der Waals surface area contributed by atoms with Gasteiger partial charge in [-0.2, -0.15) is 0 Å². The van der Waals surface area contributed by atoms with Crippen LogP contribution in [-0.4, -0.2) is 32.3 Å². The van der Waals surface area contributed by atoms with Crippen LogP contribution in [0.3, 0.4) is 0 Å². The molecule has 5 nitrogen and oxygen atoms in total. The zero-order valence-corrected chi connectivity index (χ0v) is 14.4. The van der Waals surface area contributed by atoms with Crippen LogP contribution in [0, 0.1) is 0 Å². The van der Waals surface area contributed by atoms with E-state index < -0.39 is 6.10 Å². The molecule has 0 aromatic heterocycles. The van der Waals surface area contributed by atoms with E-state index in [0.717, 1.165) is 0 Å². The van der Waals surface area contributed by atoms with E-state index >= 15 is 0 Å². The number of methoxy groups -OCH3 is 1. The Kier molecular flexibility index (Phi) is 6.75. The summed E-state index contributed by atoms with van der Waals surface area (Å²) in [7, 11) is 1.58. The largest absolute Gasteiger partial charge is 0.497 e. The summed E-state index contributed by atoms with van der Waals surface area (Å²) in [5.41, 5.74) is 0. The lowest BCUT2D eigenvalue weighted by Gasteiger charge is -2.15. The fourth-order valence-electron chi connectivity index (χ4n) is 1.95. The number of nitrogens with one attached hydrogen (secondary N) is 1. The van der Waals surface area contributed by atoms with Gasteiger partial charge in [-0.25, -0.2) is 0 Å². The number of halogens is 1. The van der Waals surface area contributed by atoms with Crippen molar-refractivity contribution in [3.63, 3.8) is 0 Å². The molecule has 0 saturated heterocycles. The minimum Gasteiger partial charge on any atom is -0.497 e. The molecule has 2 rings (SSSR count). The average Bonchev–Trinajstić information content (AvgIpc) is 2.60. The summed E-state index contributed by atoms with van der Waals surface area (Å²) in [5, 5.41) is 3.42. The fraction of sp³-hybridized carbons (Fsp3) is 0.278. The van der Waals surface area contributed by atoms with Gasteiger partial charge in [0.2, 0.25) is 0 Å². The van der Waals surface area contributed by atoms with Gasteiger partial charge in [-0.15, -0.1) is 0 Å². The molecule has 0 spiro atoms. The van der Waals surface area contributed by atoms with Crippen LogP contribution in [0.1, 0.15) is 6.92 Å². The van der Waals surface area contributed by atoms with E-state index in [1.165, 1.54) is 0 Å². The van der Waals surface area contributed by atoms with Crippen molar-refractivity contribution in [2.75, 3.05) is 20.3 Å². The first kappa shape index (κ1) is 17.9. The number of ether oxygens (including phenoxy) is 3. The van der Waals surface area contributed by atoms with Gasteiger partial charge in [0.15, 0.2) is 6.10 Å². The van der Waals surface area contributed by atoms with Gasteiger partial charge in [-0.05, 0) is 43.3 Å². The van der Waals surface area contributed by atoms with Crippen molar-refractivity contribution in [3.8, 4) is 17.2 Å². The number of hydrogen-bond acceptors (Lipinski definition) is 4. The Bertz CT molecular complexity index is 660. The van der Waals surface area contributed by atoms with E-state index in [9.17, 15) is 4.79 Å². The van der Waals surface area contributed by atoms with Crippen molar-refractivity contribution >= 4 is 17.5 Å². The van der Waals surface area contributed by atoms with Crippen molar-refractivity contribution < 1.29 is 19.0 Å². The number of hydrogen-bond donors (Lipinski definition) is 1. The molecule has 0 bridgehead atoms. The Morgan fingerprint density at radius 2 is 1.83 bits per heavy atom. The molecule has 0 heterocycles. The molecule has 0 fully saturated rings. The summed E-state index contributed by atoms with van der Waals surface area (Å²) in [6.07, 6.45) is -0.618. The van der Waals surface area contributed by atoms with Gasteiger partial charge in [-0.3, -0.25) is 4.79 Å². The van der Waals surface area contributed by atoms with Crippen LogP contribution >= 0.6 is 11.6 Å². The Hall–Kier alpha value is -2.40. The van der Waals surface area contributed by atoms with Crippen molar-refractivity contribution in [2.45, 2.75) is 13.0 Å². The molecule has 24 heavy (non-hydrogen) atoms. The molecule has 1 amide bonds. The molecule has 0 aliphatic carbocycles. The monoisotopic (exact) mass is 349 g/mol. The van der Waals surface area contributed by atoms with Gasteiger partial charge >= 0.3 is 0 Å². The first-order chi connectivity index (χ1) is 11.6. The van der Waals surface area contributed by atoms with E-state index in [1.54, 1.807) is 56.5 Å². The molecule has 2 aromatic rings. The second kappa shape index (κ2) is 9.03. The predicted octanol–water partition coefficient (Wildman–Crippen LogP) is 3.31. The summed E-state index contributed by atoms with van der Waals surface area (Å²) in [4.78, 5) is 12.0. The fourth-order valence-corrected chi connectivity index (χ4v) is 2.08. The molecule has 1 atom stereocenters. The second-order valence-electron chi connectivity index (χ2n) is 5.03. The normalized spacial score (nSPS) is 11.5. The molecule has 6 heteroatoms. The highest BCUT2D eigenvalue weighted by atomic mass is 35.5. The Morgan fingerprint density at radius 1 is 1.12 bits per heavy atom. The second-order valence-corrected chi connectivity index (χ2v) is 5.47. The molecule has 0 aliphatic heterocycles. The highest BCUT2D eigenvalue weighted by Crippen LogP contribution is 2.20. The molecule has 128 valence electrons. The third-order valence-electron chi connectivity index (χ3n) is 3.21. The standard InChI is InChI=1S/C18H20ClNO4/c1-13(24-17-5-3-4-16(12-17)22-2)18(21)20-10-11-23-15-8-6-14(19)7-9-15/h3-9,12-13H,10-11H2,1-2H3,(H,20,21)/t13-/m0/s1. The van der Waals surface area contributed by atoms with Crippen LogP contribution in [-0.2, 0) is 4.79 Å². The number of rotatable bonds is 8. The van der Waals surface area contributed by atoms with Crippen molar-refractivity contribution in [3.05, 3.63) is 53.6 Å². The molecule has 0 radical (unpaired) electrons. The molecule has 0 saturated carbocycles. The highest BCUT2D eigenvalue weighted by Gasteiger charge is 2.14. The summed E-state index contributed by atoms with van der Waals surface area (Å²) in [5.74, 6) is 1.75. The van der Waals surface area contributed by atoms with Gasteiger partial charge in [0.25, 0.3) is 5.91 Å². The molecule has 2 aromatic carbocycles. The summed E-state index contributed by atoms with van der Waals surface area (Å²) in [6.45, 7) is 2.43. The van der Waals surface area contributed by atoms with E-state index in [1.807, 2.05) is 6.07 Å². The topological polar surface area (TPSA) is 56.8 Å². The lowest BCUT2D eigenvalue weighted by Crippen LogP contribution is -2.38. The summed E-state index contributed by atoms with van der Waals surface area (Å²) < 4.78 is 16.2. The minimum absolute atomic E-state index is 0.211. The number of amides is 1. The molecular formula is C18H20ClNO4. The van der Waals surface area contributed by atoms with Gasteiger partial charge < -0.3 is 19.5 Å². The minimum atomic E-state index is -0.618. The van der Waals surface area contributed by atoms with E-state index in [2.05, 4.69) is 5.32 Å². The maximum absolute atomic E-state index is 12.0. The van der Waals surface area contributed by atoms with Crippen molar-refractivity contribution in [2.24, 2.45) is 0 Å². The van der Waals surface area contributed by atoms with Gasteiger partial charge in [0.05, 0.1) is 13.7 Å². The van der Waals surface area contributed by atoms with Gasteiger partial charge in [0.1, 0.15) is 23.9 Å². The number of carbonyl (C=O) groups excluding carboxylic acids is 1. The lowest BCUT2D eigenvalue weighted by atomic mass is 10.3. The summed E-state index contributed by atoms with van der Waals surface area (Å²) >= 11 is 5.80. The van der Waals surface area contributed by atoms with E-state index in [0.29, 0.717) is 35.4 Å².